The molecule has 0 atom stereocenters. The summed E-state index contributed by atoms with van der Waals surface area (Å²) < 4.78 is 27.0. The quantitative estimate of drug-likeness (QED) is 0.540. The second kappa shape index (κ2) is 7.23. The van der Waals surface area contributed by atoms with Gasteiger partial charge in [0.05, 0.1) is 17.6 Å². The van der Waals surface area contributed by atoms with Gasteiger partial charge in [-0.05, 0) is 41.0 Å². The Balaban J connectivity index is 1.74. The molecule has 0 saturated carbocycles. The molecule has 4 aromatic rings. The minimum atomic E-state index is -0.909. The first-order valence-corrected chi connectivity index (χ1v) is 8.79. The second-order valence-corrected chi connectivity index (χ2v) is 6.47. The molecule has 0 fully saturated rings. The summed E-state index contributed by atoms with van der Waals surface area (Å²) in [5.74, 6) is -1.55. The zero-order valence-corrected chi connectivity index (χ0v) is 15.1. The Morgan fingerprint density at radius 1 is 1.00 bits per heavy atom. The number of carbonyl (C=O) groups is 1. The lowest BCUT2D eigenvalue weighted by Gasteiger charge is -2.20. The fraction of sp³-hybridized carbons (Fsp3) is 0.0909. The van der Waals surface area contributed by atoms with Crippen LogP contribution in [0.5, 0.6) is 0 Å². The third kappa shape index (κ3) is 3.36. The highest BCUT2D eigenvalue weighted by Gasteiger charge is 2.18. The summed E-state index contributed by atoms with van der Waals surface area (Å²) in [4.78, 5) is 21.5. The Morgan fingerprint density at radius 3 is 2.50 bits per heavy atom. The van der Waals surface area contributed by atoms with Gasteiger partial charge in [-0.1, -0.05) is 42.5 Å². The Labute approximate surface area is 160 Å². The summed E-state index contributed by atoms with van der Waals surface area (Å²) in [5.41, 5.74) is 3.66. The van der Waals surface area contributed by atoms with Crippen LogP contribution in [0.4, 0.5) is 14.7 Å². The molecule has 0 radical (unpaired) electrons. The van der Waals surface area contributed by atoms with Crippen molar-refractivity contribution < 1.29 is 13.6 Å². The number of nitrogens with one attached hydrogen (secondary N) is 1. The topological polar surface area (TPSA) is 49.0 Å². The van der Waals surface area contributed by atoms with Crippen LogP contribution in [0.25, 0.3) is 22.2 Å². The van der Waals surface area contributed by atoms with Crippen LogP contribution in [0.15, 0.2) is 66.7 Å². The Bertz CT molecular complexity index is 1140. The fourth-order valence-electron chi connectivity index (χ4n) is 3.18. The molecule has 1 aromatic heterocycles. The number of nitrogens with zero attached hydrogens (tertiary/aromatic N) is 2. The van der Waals surface area contributed by atoms with E-state index in [9.17, 15) is 13.6 Å². The zero-order chi connectivity index (χ0) is 19.7. The Hall–Kier alpha value is -3.54. The predicted octanol–water partition coefficient (Wildman–Crippen LogP) is 5.06. The van der Waals surface area contributed by atoms with Gasteiger partial charge in [0, 0.05) is 6.92 Å². The standard InChI is InChI=1S/C22H17F2N3O/c1-14(28)27(22-25-20-8-4-5-9-21(20)26-22)13-16-6-2-3-7-17(16)15-10-11-18(23)19(24)12-15/h2-12H,13H2,1H3,(H,25,26). The summed E-state index contributed by atoms with van der Waals surface area (Å²) in [6, 6.07) is 18.6. The summed E-state index contributed by atoms with van der Waals surface area (Å²) in [7, 11) is 0. The highest BCUT2D eigenvalue weighted by Crippen LogP contribution is 2.28. The average Bonchev–Trinajstić information content (AvgIpc) is 3.12. The molecule has 0 unspecified atom stereocenters. The average molecular weight is 377 g/mol. The lowest BCUT2D eigenvalue weighted by molar-refractivity contribution is -0.116. The van der Waals surface area contributed by atoms with E-state index in [0.29, 0.717) is 11.5 Å². The first-order chi connectivity index (χ1) is 13.5. The van der Waals surface area contributed by atoms with Crippen molar-refractivity contribution in [3.63, 3.8) is 0 Å². The van der Waals surface area contributed by atoms with Crippen LogP contribution in [-0.4, -0.2) is 15.9 Å². The summed E-state index contributed by atoms with van der Waals surface area (Å²) in [6.07, 6.45) is 0. The fourth-order valence-corrected chi connectivity index (χ4v) is 3.18. The number of imidazole rings is 1. The number of aromatic amines is 1. The Kier molecular flexibility index (Phi) is 4.61. The van der Waals surface area contributed by atoms with E-state index in [0.717, 1.165) is 34.3 Å². The van der Waals surface area contributed by atoms with Gasteiger partial charge in [-0.15, -0.1) is 0 Å². The van der Waals surface area contributed by atoms with Gasteiger partial charge in [0.1, 0.15) is 0 Å². The largest absolute Gasteiger partial charge is 0.324 e. The number of aromatic nitrogens is 2. The van der Waals surface area contributed by atoms with Gasteiger partial charge >= 0.3 is 0 Å². The molecule has 0 bridgehead atoms. The molecule has 140 valence electrons. The number of hydrogen-bond acceptors (Lipinski definition) is 2. The maximum Gasteiger partial charge on any atom is 0.226 e. The molecule has 1 N–H and O–H groups in total. The third-order valence-corrected chi connectivity index (χ3v) is 4.59. The molecule has 0 aliphatic rings. The van der Waals surface area contributed by atoms with E-state index in [1.165, 1.54) is 17.9 Å². The van der Waals surface area contributed by atoms with Gasteiger partial charge < -0.3 is 4.98 Å². The van der Waals surface area contributed by atoms with Gasteiger partial charge in [0.15, 0.2) is 11.6 Å². The van der Waals surface area contributed by atoms with E-state index < -0.39 is 11.6 Å². The first kappa shape index (κ1) is 17.9. The molecule has 3 aromatic carbocycles. The molecule has 1 amide bonds. The van der Waals surface area contributed by atoms with E-state index in [2.05, 4.69) is 9.97 Å². The van der Waals surface area contributed by atoms with Crippen molar-refractivity contribution in [2.45, 2.75) is 13.5 Å². The van der Waals surface area contributed by atoms with Crippen molar-refractivity contribution in [2.24, 2.45) is 0 Å². The maximum absolute atomic E-state index is 13.7. The third-order valence-electron chi connectivity index (χ3n) is 4.59. The number of rotatable bonds is 4. The second-order valence-electron chi connectivity index (χ2n) is 6.47. The molecular formula is C22H17F2N3O. The van der Waals surface area contributed by atoms with E-state index >= 15 is 0 Å². The van der Waals surface area contributed by atoms with Crippen LogP contribution in [0.1, 0.15) is 12.5 Å². The summed E-state index contributed by atoms with van der Waals surface area (Å²) in [6.45, 7) is 1.71. The maximum atomic E-state index is 13.7. The highest BCUT2D eigenvalue weighted by molar-refractivity contribution is 5.92. The van der Waals surface area contributed by atoms with Gasteiger partial charge in [-0.25, -0.2) is 13.8 Å². The minimum Gasteiger partial charge on any atom is -0.324 e. The van der Waals surface area contributed by atoms with E-state index in [1.807, 2.05) is 48.5 Å². The molecule has 0 spiro atoms. The molecule has 4 nitrogen and oxygen atoms in total. The molecular weight excluding hydrogens is 360 g/mol. The van der Waals surface area contributed by atoms with Crippen molar-refractivity contribution in [3.05, 3.63) is 83.9 Å². The van der Waals surface area contributed by atoms with E-state index in [4.69, 9.17) is 0 Å². The van der Waals surface area contributed by atoms with E-state index in [1.54, 1.807) is 0 Å². The van der Waals surface area contributed by atoms with Crippen molar-refractivity contribution in [1.29, 1.82) is 0 Å². The number of fused-ring (bicyclic) bond motifs is 1. The van der Waals surface area contributed by atoms with Crippen LogP contribution in [0.2, 0.25) is 0 Å². The normalized spacial score (nSPS) is 11.0. The van der Waals surface area contributed by atoms with Crippen LogP contribution in [0, 0.1) is 11.6 Å². The van der Waals surface area contributed by atoms with Gasteiger partial charge in [-0.3, -0.25) is 9.69 Å². The van der Waals surface area contributed by atoms with Crippen LogP contribution in [0.3, 0.4) is 0 Å². The summed E-state index contributed by atoms with van der Waals surface area (Å²) in [5, 5.41) is 0. The molecule has 1 heterocycles. The molecule has 0 aliphatic heterocycles. The number of anilines is 1. The number of carbonyl (C=O) groups excluding carboxylic acids is 1. The lowest BCUT2D eigenvalue weighted by Crippen LogP contribution is -2.29. The van der Waals surface area contributed by atoms with Gasteiger partial charge in [0.25, 0.3) is 0 Å². The van der Waals surface area contributed by atoms with Crippen molar-refractivity contribution in [2.75, 3.05) is 4.90 Å². The number of para-hydroxylation sites is 2. The van der Waals surface area contributed by atoms with Gasteiger partial charge in [0.2, 0.25) is 11.9 Å². The van der Waals surface area contributed by atoms with Crippen molar-refractivity contribution in [3.8, 4) is 11.1 Å². The number of halogens is 2. The molecule has 28 heavy (non-hydrogen) atoms. The SMILES string of the molecule is CC(=O)N(Cc1ccccc1-c1ccc(F)c(F)c1)c1nc2ccccc2[nH]1. The van der Waals surface area contributed by atoms with Crippen LogP contribution in [-0.2, 0) is 11.3 Å². The number of H-pyrrole nitrogens is 1. The number of hydrogen-bond donors (Lipinski definition) is 1. The zero-order valence-electron chi connectivity index (χ0n) is 15.1. The van der Waals surface area contributed by atoms with Gasteiger partial charge in [-0.2, -0.15) is 0 Å². The summed E-state index contributed by atoms with van der Waals surface area (Å²) >= 11 is 0. The number of benzene rings is 3. The molecule has 6 heteroatoms. The van der Waals surface area contributed by atoms with Crippen molar-refractivity contribution >= 4 is 22.9 Å². The first-order valence-electron chi connectivity index (χ1n) is 8.79. The van der Waals surface area contributed by atoms with Crippen molar-refractivity contribution in [1.82, 2.24) is 9.97 Å². The highest BCUT2D eigenvalue weighted by atomic mass is 19.2. The Morgan fingerprint density at radius 2 is 1.75 bits per heavy atom. The number of amides is 1. The van der Waals surface area contributed by atoms with Crippen LogP contribution < -0.4 is 4.90 Å². The predicted molar refractivity (Wildman–Crippen MR) is 105 cm³/mol. The minimum absolute atomic E-state index is 0.181. The monoisotopic (exact) mass is 377 g/mol. The lowest BCUT2D eigenvalue weighted by atomic mass is 9.99. The van der Waals surface area contributed by atoms with E-state index in [-0.39, 0.29) is 12.5 Å². The molecule has 0 aliphatic carbocycles. The molecule has 0 saturated heterocycles. The van der Waals surface area contributed by atoms with Crippen LogP contribution >= 0.6 is 0 Å². The molecule has 4 rings (SSSR count). The smallest absolute Gasteiger partial charge is 0.226 e.